The van der Waals surface area contributed by atoms with Gasteiger partial charge in [0.1, 0.15) is 11.4 Å². The van der Waals surface area contributed by atoms with E-state index in [0.717, 1.165) is 18.4 Å². The van der Waals surface area contributed by atoms with Gasteiger partial charge in [0.05, 0.1) is 30.3 Å². The van der Waals surface area contributed by atoms with Crippen LogP contribution >= 0.6 is 0 Å². The highest BCUT2D eigenvalue weighted by atomic mass is 16.5. The average molecular weight is 449 g/mol. The maximum absolute atomic E-state index is 13.3. The van der Waals surface area contributed by atoms with Crippen molar-refractivity contribution in [3.63, 3.8) is 0 Å². The number of ether oxygens (including phenoxy) is 1. The number of rotatable bonds is 4. The van der Waals surface area contributed by atoms with Gasteiger partial charge in [-0.2, -0.15) is 0 Å². The van der Waals surface area contributed by atoms with Crippen LogP contribution in [0.15, 0.2) is 47.5 Å². The highest BCUT2D eigenvalue weighted by Gasteiger charge is 2.24. The van der Waals surface area contributed by atoms with Gasteiger partial charge in [0.25, 0.3) is 5.91 Å². The molecule has 0 radical (unpaired) electrons. The molecule has 1 fully saturated rings. The highest BCUT2D eigenvalue weighted by molar-refractivity contribution is 5.97. The van der Waals surface area contributed by atoms with Crippen molar-refractivity contribution >= 4 is 22.6 Å². The van der Waals surface area contributed by atoms with Gasteiger partial charge in [-0.1, -0.05) is 38.1 Å². The van der Waals surface area contributed by atoms with Crippen LogP contribution in [0.25, 0.3) is 10.9 Å². The molecule has 1 amide bonds. The zero-order valence-electron chi connectivity index (χ0n) is 19.6. The number of hydrogen-bond donors (Lipinski definition) is 1. The number of nitrogens with zero attached hydrogens (tertiary/aromatic N) is 3. The van der Waals surface area contributed by atoms with Crippen molar-refractivity contribution in [2.75, 3.05) is 31.6 Å². The zero-order chi connectivity index (χ0) is 23.4. The van der Waals surface area contributed by atoms with E-state index in [0.29, 0.717) is 44.1 Å². The van der Waals surface area contributed by atoms with E-state index in [1.807, 2.05) is 25.3 Å². The Morgan fingerprint density at radius 3 is 2.45 bits per heavy atom. The summed E-state index contributed by atoms with van der Waals surface area (Å²) in [6.45, 7) is 8.66. The Bertz CT molecular complexity index is 1170. The number of carbonyl (C=O) groups excluding carboxylic acids is 1. The molecule has 3 heterocycles. The van der Waals surface area contributed by atoms with Crippen LogP contribution in [-0.2, 0) is 24.1 Å². The average Bonchev–Trinajstić information content (AvgIpc) is 3.28. The number of aryl methyl sites for hydroxylation is 1. The molecule has 0 bridgehead atoms. The second-order valence-corrected chi connectivity index (χ2v) is 8.17. The minimum Gasteiger partial charge on any atom is -0.378 e. The van der Waals surface area contributed by atoms with Gasteiger partial charge < -0.3 is 19.5 Å². The summed E-state index contributed by atoms with van der Waals surface area (Å²) in [4.78, 5) is 32.6. The molecule has 1 aliphatic carbocycles. The van der Waals surface area contributed by atoms with Crippen molar-refractivity contribution in [2.24, 2.45) is 0 Å². The standard InChI is InChI=1S/C24H26N4O3.C2H6/c1-2-27-15-20(24(30)28-7-9-31-10-8-28)23(29)19-13-22(25-14-21(19)27)26-18-11-16-5-3-4-6-17(16)12-18;1-2/h3-6,13-15,18H,2,7-12H2,1H3,(H,25,26);1-2H3. The summed E-state index contributed by atoms with van der Waals surface area (Å²) in [5.74, 6) is 0.441. The van der Waals surface area contributed by atoms with Crippen LogP contribution in [-0.4, -0.2) is 52.7 Å². The second kappa shape index (κ2) is 10.2. The van der Waals surface area contributed by atoms with Crippen molar-refractivity contribution in [2.45, 2.75) is 46.2 Å². The van der Waals surface area contributed by atoms with Crippen molar-refractivity contribution in [1.29, 1.82) is 0 Å². The lowest BCUT2D eigenvalue weighted by Gasteiger charge is -2.27. The number of carbonyl (C=O) groups is 1. The Labute approximate surface area is 194 Å². The molecule has 2 aliphatic rings. The predicted octanol–water partition coefficient (Wildman–Crippen LogP) is 3.49. The normalized spacial score (nSPS) is 15.7. The first-order chi connectivity index (χ1) is 16.1. The fraction of sp³-hybridized carbons (Fsp3) is 0.423. The second-order valence-electron chi connectivity index (χ2n) is 8.17. The molecule has 7 nitrogen and oxygen atoms in total. The fourth-order valence-corrected chi connectivity index (χ4v) is 4.59. The number of amides is 1. The van der Waals surface area contributed by atoms with Crippen molar-refractivity contribution in [1.82, 2.24) is 14.5 Å². The van der Waals surface area contributed by atoms with Crippen molar-refractivity contribution < 1.29 is 9.53 Å². The van der Waals surface area contributed by atoms with Crippen molar-refractivity contribution in [3.8, 4) is 0 Å². The monoisotopic (exact) mass is 448 g/mol. The van der Waals surface area contributed by atoms with Gasteiger partial charge in [-0.15, -0.1) is 0 Å². The van der Waals surface area contributed by atoms with Crippen LogP contribution in [0.1, 0.15) is 42.3 Å². The molecule has 33 heavy (non-hydrogen) atoms. The minimum absolute atomic E-state index is 0.210. The number of aromatic nitrogens is 2. The topological polar surface area (TPSA) is 76.5 Å². The third kappa shape index (κ3) is 4.64. The maximum atomic E-state index is 13.3. The Hall–Kier alpha value is -3.19. The molecule has 1 aromatic carbocycles. The Morgan fingerprint density at radius 1 is 1.15 bits per heavy atom. The summed E-state index contributed by atoms with van der Waals surface area (Å²) in [6.07, 6.45) is 5.27. The van der Waals surface area contributed by atoms with Gasteiger partial charge in [-0.05, 0) is 37.0 Å². The lowest BCUT2D eigenvalue weighted by Crippen LogP contribution is -2.42. The summed E-state index contributed by atoms with van der Waals surface area (Å²) < 4.78 is 7.26. The minimum atomic E-state index is -0.239. The van der Waals surface area contributed by atoms with Crippen LogP contribution in [0.5, 0.6) is 0 Å². The van der Waals surface area contributed by atoms with Crippen LogP contribution in [0.3, 0.4) is 0 Å². The molecule has 7 heteroatoms. The summed E-state index contributed by atoms with van der Waals surface area (Å²) in [7, 11) is 0. The fourth-order valence-electron chi connectivity index (χ4n) is 4.59. The summed E-state index contributed by atoms with van der Waals surface area (Å²) >= 11 is 0. The van der Waals surface area contributed by atoms with E-state index in [2.05, 4.69) is 34.6 Å². The molecule has 174 valence electrons. The van der Waals surface area contributed by atoms with Crippen LogP contribution in [0.4, 0.5) is 5.82 Å². The summed E-state index contributed by atoms with van der Waals surface area (Å²) in [5.41, 5.74) is 3.42. The van der Waals surface area contributed by atoms with E-state index in [-0.39, 0.29) is 22.9 Å². The number of pyridine rings is 2. The van der Waals surface area contributed by atoms with Crippen LogP contribution in [0, 0.1) is 0 Å². The highest BCUT2D eigenvalue weighted by Crippen LogP contribution is 2.25. The van der Waals surface area contributed by atoms with Gasteiger partial charge in [0.2, 0.25) is 5.43 Å². The Kier molecular flexibility index (Phi) is 7.08. The first-order valence-corrected chi connectivity index (χ1v) is 11.9. The molecule has 2 aromatic heterocycles. The third-order valence-corrected chi connectivity index (χ3v) is 6.24. The van der Waals surface area contributed by atoms with E-state index in [9.17, 15) is 9.59 Å². The number of morpholine rings is 1. The summed E-state index contributed by atoms with van der Waals surface area (Å²) in [5, 5.41) is 4.01. The molecule has 3 aromatic rings. The van der Waals surface area contributed by atoms with E-state index >= 15 is 0 Å². The quantitative estimate of drug-likeness (QED) is 0.661. The number of fused-ring (bicyclic) bond motifs is 2. The van der Waals surface area contributed by atoms with Gasteiger partial charge in [-0.25, -0.2) is 4.98 Å². The van der Waals surface area contributed by atoms with E-state index in [4.69, 9.17) is 4.74 Å². The molecule has 5 rings (SSSR count). The Balaban J connectivity index is 0.00000126. The van der Waals surface area contributed by atoms with E-state index in [1.165, 1.54) is 11.1 Å². The molecule has 0 unspecified atom stereocenters. The third-order valence-electron chi connectivity index (χ3n) is 6.24. The van der Waals surface area contributed by atoms with Gasteiger partial charge in [0, 0.05) is 31.9 Å². The predicted molar refractivity (Wildman–Crippen MR) is 131 cm³/mol. The molecule has 0 atom stereocenters. The first-order valence-electron chi connectivity index (χ1n) is 11.9. The molecule has 1 saturated heterocycles. The van der Waals surface area contributed by atoms with Crippen molar-refractivity contribution in [3.05, 3.63) is 69.6 Å². The smallest absolute Gasteiger partial charge is 0.259 e. The molecule has 1 N–H and O–H groups in total. The largest absolute Gasteiger partial charge is 0.378 e. The zero-order valence-corrected chi connectivity index (χ0v) is 19.6. The number of hydrogen-bond acceptors (Lipinski definition) is 5. The lowest BCUT2D eigenvalue weighted by atomic mass is 10.1. The van der Waals surface area contributed by atoms with Gasteiger partial charge in [0.15, 0.2) is 0 Å². The molecular weight excluding hydrogens is 416 g/mol. The van der Waals surface area contributed by atoms with Crippen LogP contribution in [0.2, 0.25) is 0 Å². The van der Waals surface area contributed by atoms with Crippen LogP contribution < -0.4 is 10.7 Å². The molecule has 1 aliphatic heterocycles. The lowest BCUT2D eigenvalue weighted by molar-refractivity contribution is 0.0301. The summed E-state index contributed by atoms with van der Waals surface area (Å²) in [6, 6.07) is 10.5. The maximum Gasteiger partial charge on any atom is 0.259 e. The van der Waals surface area contributed by atoms with Gasteiger partial charge >= 0.3 is 0 Å². The Morgan fingerprint density at radius 2 is 1.82 bits per heavy atom. The van der Waals surface area contributed by atoms with Gasteiger partial charge in [-0.3, -0.25) is 9.59 Å². The molecule has 0 spiro atoms. The van der Waals surface area contributed by atoms with E-state index < -0.39 is 0 Å². The van der Waals surface area contributed by atoms with E-state index in [1.54, 1.807) is 23.4 Å². The number of benzene rings is 1. The molecule has 0 saturated carbocycles. The number of nitrogens with one attached hydrogen (secondary N) is 1. The first kappa shape index (κ1) is 23.0. The number of anilines is 1. The molecular formula is C26H32N4O3. The SMILES string of the molecule is CC.CCn1cc(C(=O)N2CCOCC2)c(=O)c2cc(NC3Cc4ccccc4C3)ncc21.